The molecule has 17 heavy (non-hydrogen) atoms. The SMILES string of the molecule is O=C(O)c1nc2c(c(C3CCOC3)n1)CCS2. The van der Waals surface area contributed by atoms with E-state index in [4.69, 9.17) is 9.84 Å². The average Bonchev–Trinajstić information content (AvgIpc) is 2.98. The zero-order chi connectivity index (χ0) is 11.8. The Labute approximate surface area is 103 Å². The number of carboxylic acids is 1. The van der Waals surface area contributed by atoms with Gasteiger partial charge in [0, 0.05) is 23.8 Å². The van der Waals surface area contributed by atoms with Gasteiger partial charge in [0.05, 0.1) is 12.3 Å². The van der Waals surface area contributed by atoms with E-state index < -0.39 is 5.97 Å². The van der Waals surface area contributed by atoms with Crippen LogP contribution in [-0.4, -0.2) is 40.0 Å². The summed E-state index contributed by atoms with van der Waals surface area (Å²) in [5.41, 5.74) is 2.03. The lowest BCUT2D eigenvalue weighted by Gasteiger charge is -2.12. The highest BCUT2D eigenvalue weighted by Crippen LogP contribution is 2.36. The number of nitrogens with zero attached hydrogens (tertiary/aromatic N) is 2. The van der Waals surface area contributed by atoms with Crippen molar-refractivity contribution in [1.29, 1.82) is 0 Å². The van der Waals surface area contributed by atoms with Gasteiger partial charge in [0.1, 0.15) is 5.03 Å². The number of hydrogen-bond acceptors (Lipinski definition) is 5. The average molecular weight is 252 g/mol. The van der Waals surface area contributed by atoms with Crippen molar-refractivity contribution in [2.45, 2.75) is 23.8 Å². The van der Waals surface area contributed by atoms with E-state index >= 15 is 0 Å². The first-order valence-corrected chi connectivity index (χ1v) is 6.59. The molecule has 1 N–H and O–H groups in total. The van der Waals surface area contributed by atoms with Crippen LogP contribution >= 0.6 is 11.8 Å². The predicted molar refractivity (Wildman–Crippen MR) is 61.6 cm³/mol. The Bertz CT molecular complexity index is 472. The van der Waals surface area contributed by atoms with E-state index in [2.05, 4.69) is 9.97 Å². The normalized spacial score (nSPS) is 22.7. The number of ether oxygens (including phenoxy) is 1. The molecule has 0 amide bonds. The molecule has 3 heterocycles. The van der Waals surface area contributed by atoms with Gasteiger partial charge < -0.3 is 9.84 Å². The summed E-state index contributed by atoms with van der Waals surface area (Å²) >= 11 is 1.62. The summed E-state index contributed by atoms with van der Waals surface area (Å²) in [6, 6.07) is 0. The molecule has 0 aromatic carbocycles. The monoisotopic (exact) mass is 252 g/mol. The third-order valence-electron chi connectivity index (χ3n) is 3.10. The fourth-order valence-electron chi connectivity index (χ4n) is 2.27. The van der Waals surface area contributed by atoms with Crippen molar-refractivity contribution in [2.24, 2.45) is 0 Å². The minimum atomic E-state index is -1.06. The van der Waals surface area contributed by atoms with Crippen LogP contribution in [0.5, 0.6) is 0 Å². The molecule has 6 heteroatoms. The van der Waals surface area contributed by atoms with Crippen LogP contribution in [0.25, 0.3) is 0 Å². The first-order chi connectivity index (χ1) is 8.25. The Hall–Kier alpha value is -1.14. The van der Waals surface area contributed by atoms with E-state index in [1.807, 2.05) is 0 Å². The molecular weight excluding hydrogens is 240 g/mol. The van der Waals surface area contributed by atoms with Gasteiger partial charge >= 0.3 is 5.97 Å². The third kappa shape index (κ3) is 1.91. The maximum Gasteiger partial charge on any atom is 0.373 e. The van der Waals surface area contributed by atoms with E-state index in [1.54, 1.807) is 11.8 Å². The molecule has 1 aromatic heterocycles. The molecule has 0 saturated carbocycles. The van der Waals surface area contributed by atoms with Gasteiger partial charge in [-0.2, -0.15) is 0 Å². The van der Waals surface area contributed by atoms with Gasteiger partial charge in [0.15, 0.2) is 0 Å². The zero-order valence-electron chi connectivity index (χ0n) is 9.18. The molecule has 1 aromatic rings. The van der Waals surface area contributed by atoms with Gasteiger partial charge in [-0.15, -0.1) is 11.8 Å². The number of carboxylic acid groups (broad SMARTS) is 1. The highest BCUT2D eigenvalue weighted by atomic mass is 32.2. The second-order valence-corrected chi connectivity index (χ2v) is 5.26. The quantitative estimate of drug-likeness (QED) is 0.800. The Morgan fingerprint density at radius 2 is 2.35 bits per heavy atom. The maximum atomic E-state index is 11.0. The minimum absolute atomic E-state index is 0.0833. The van der Waals surface area contributed by atoms with Crippen LogP contribution < -0.4 is 0 Å². The summed E-state index contributed by atoms with van der Waals surface area (Å²) in [7, 11) is 0. The minimum Gasteiger partial charge on any atom is -0.475 e. The molecule has 1 unspecified atom stereocenters. The van der Waals surface area contributed by atoms with Gasteiger partial charge in [0.2, 0.25) is 5.82 Å². The fraction of sp³-hybridized carbons (Fsp3) is 0.545. The number of fused-ring (bicyclic) bond motifs is 1. The lowest BCUT2D eigenvalue weighted by atomic mass is 9.99. The Kier molecular flexibility index (Phi) is 2.76. The number of rotatable bonds is 2. The van der Waals surface area contributed by atoms with Gasteiger partial charge in [-0.05, 0) is 12.8 Å². The first kappa shape index (κ1) is 11.0. The van der Waals surface area contributed by atoms with E-state index in [0.717, 1.165) is 41.5 Å². The largest absolute Gasteiger partial charge is 0.475 e. The number of aromatic carboxylic acids is 1. The zero-order valence-corrected chi connectivity index (χ0v) is 10.00. The van der Waals surface area contributed by atoms with Crippen molar-refractivity contribution in [2.75, 3.05) is 19.0 Å². The van der Waals surface area contributed by atoms with E-state index in [-0.39, 0.29) is 11.7 Å². The lowest BCUT2D eigenvalue weighted by molar-refractivity contribution is 0.0682. The number of aromatic nitrogens is 2. The second-order valence-electron chi connectivity index (χ2n) is 4.18. The van der Waals surface area contributed by atoms with Crippen molar-refractivity contribution >= 4 is 17.7 Å². The molecule has 2 aliphatic rings. The Balaban J connectivity index is 2.08. The summed E-state index contributed by atoms with van der Waals surface area (Å²) in [6.07, 6.45) is 1.86. The van der Waals surface area contributed by atoms with Gasteiger partial charge in [-0.3, -0.25) is 0 Å². The van der Waals surface area contributed by atoms with Crippen molar-refractivity contribution < 1.29 is 14.6 Å². The van der Waals surface area contributed by atoms with Crippen LogP contribution in [-0.2, 0) is 11.2 Å². The Morgan fingerprint density at radius 3 is 3.06 bits per heavy atom. The van der Waals surface area contributed by atoms with Crippen LogP contribution in [0.1, 0.15) is 34.2 Å². The van der Waals surface area contributed by atoms with Crippen LogP contribution in [0.4, 0.5) is 0 Å². The molecule has 5 nitrogen and oxygen atoms in total. The number of thioether (sulfide) groups is 1. The molecule has 1 fully saturated rings. The molecule has 2 aliphatic heterocycles. The van der Waals surface area contributed by atoms with Crippen molar-refractivity contribution in [3.63, 3.8) is 0 Å². The Morgan fingerprint density at radius 1 is 1.47 bits per heavy atom. The molecule has 1 atom stereocenters. The smallest absolute Gasteiger partial charge is 0.373 e. The standard InChI is InChI=1S/C11H12N2O3S/c14-11(15)9-12-8(6-1-3-16-5-6)7-2-4-17-10(7)13-9/h6H,1-5H2,(H,14,15). The molecule has 1 saturated heterocycles. The lowest BCUT2D eigenvalue weighted by Crippen LogP contribution is -2.13. The van der Waals surface area contributed by atoms with Gasteiger partial charge in [-0.1, -0.05) is 0 Å². The molecule has 0 aliphatic carbocycles. The highest BCUT2D eigenvalue weighted by molar-refractivity contribution is 7.99. The summed E-state index contributed by atoms with van der Waals surface area (Å²) in [5.74, 6) is 0.0669. The number of hydrogen-bond donors (Lipinski definition) is 1. The molecule has 90 valence electrons. The van der Waals surface area contributed by atoms with Crippen molar-refractivity contribution in [1.82, 2.24) is 9.97 Å². The van der Waals surface area contributed by atoms with Crippen molar-refractivity contribution in [3.05, 3.63) is 17.1 Å². The molecule has 3 rings (SSSR count). The van der Waals surface area contributed by atoms with Crippen LogP contribution in [0.2, 0.25) is 0 Å². The van der Waals surface area contributed by atoms with Crippen molar-refractivity contribution in [3.8, 4) is 0 Å². The van der Waals surface area contributed by atoms with E-state index in [9.17, 15) is 4.79 Å². The third-order valence-corrected chi connectivity index (χ3v) is 4.12. The van der Waals surface area contributed by atoms with Gasteiger partial charge in [0.25, 0.3) is 0 Å². The fourth-order valence-corrected chi connectivity index (χ4v) is 3.30. The summed E-state index contributed by atoms with van der Waals surface area (Å²) in [6.45, 7) is 1.38. The molecule has 0 radical (unpaired) electrons. The molecule has 0 bridgehead atoms. The second kappa shape index (κ2) is 4.27. The number of carbonyl (C=O) groups is 1. The first-order valence-electron chi connectivity index (χ1n) is 5.60. The molecule has 0 spiro atoms. The topological polar surface area (TPSA) is 72.3 Å². The summed E-state index contributed by atoms with van der Waals surface area (Å²) < 4.78 is 5.36. The summed E-state index contributed by atoms with van der Waals surface area (Å²) in [4.78, 5) is 19.3. The maximum absolute atomic E-state index is 11.0. The van der Waals surface area contributed by atoms with Crippen LogP contribution in [0, 0.1) is 0 Å². The van der Waals surface area contributed by atoms with E-state index in [0.29, 0.717) is 6.61 Å². The van der Waals surface area contributed by atoms with Gasteiger partial charge in [-0.25, -0.2) is 14.8 Å². The predicted octanol–water partition coefficient (Wildman–Crippen LogP) is 1.33. The highest BCUT2D eigenvalue weighted by Gasteiger charge is 2.28. The van der Waals surface area contributed by atoms with Crippen LogP contribution in [0.15, 0.2) is 5.03 Å². The summed E-state index contributed by atoms with van der Waals surface area (Å²) in [5, 5.41) is 9.86. The van der Waals surface area contributed by atoms with E-state index in [1.165, 1.54) is 0 Å². The molecular formula is C11H12N2O3S. The van der Waals surface area contributed by atoms with Crippen LogP contribution in [0.3, 0.4) is 0 Å².